The molecular weight excluding hydrogens is 259 g/mol. The number of anilines is 1. The molecular formula is C15H23FN2O2. The predicted molar refractivity (Wildman–Crippen MR) is 77.2 cm³/mol. The van der Waals surface area contributed by atoms with Crippen LogP contribution in [0.5, 0.6) is 0 Å². The van der Waals surface area contributed by atoms with Crippen LogP contribution >= 0.6 is 0 Å². The summed E-state index contributed by atoms with van der Waals surface area (Å²) in [7, 11) is 0. The first-order valence-corrected chi connectivity index (χ1v) is 7.08. The minimum absolute atomic E-state index is 0.255. The number of aliphatic hydroxyl groups excluding tert-OH is 2. The van der Waals surface area contributed by atoms with Crippen LogP contribution in [0.2, 0.25) is 0 Å². The smallest absolute Gasteiger partial charge is 0.129 e. The first-order valence-electron chi connectivity index (χ1n) is 7.08. The van der Waals surface area contributed by atoms with Crippen molar-refractivity contribution in [3.63, 3.8) is 0 Å². The lowest BCUT2D eigenvalue weighted by Crippen LogP contribution is -2.26. The van der Waals surface area contributed by atoms with E-state index in [4.69, 9.17) is 0 Å². The van der Waals surface area contributed by atoms with Crippen LogP contribution in [0.15, 0.2) is 18.2 Å². The van der Waals surface area contributed by atoms with E-state index in [9.17, 15) is 14.6 Å². The molecule has 1 aliphatic rings. The molecule has 3 N–H and O–H groups in total. The van der Waals surface area contributed by atoms with Crippen molar-refractivity contribution in [1.82, 2.24) is 5.32 Å². The maximum Gasteiger partial charge on any atom is 0.129 e. The van der Waals surface area contributed by atoms with E-state index in [2.05, 4.69) is 19.2 Å². The Morgan fingerprint density at radius 1 is 1.30 bits per heavy atom. The SMILES string of the molecule is CC(C)CNCc1c(F)cccc1N1CC(O)C(O)C1. The van der Waals surface area contributed by atoms with Gasteiger partial charge in [0.15, 0.2) is 0 Å². The Morgan fingerprint density at radius 3 is 2.55 bits per heavy atom. The van der Waals surface area contributed by atoms with Crippen LogP contribution in [0.3, 0.4) is 0 Å². The Hall–Kier alpha value is -1.17. The maximum absolute atomic E-state index is 14.0. The van der Waals surface area contributed by atoms with Gasteiger partial charge >= 0.3 is 0 Å². The zero-order valence-corrected chi connectivity index (χ0v) is 12.0. The lowest BCUT2D eigenvalue weighted by molar-refractivity contribution is 0.0572. The number of β-amino-alcohol motifs (C(OH)–C–C–N with tert-alkyl or cyclic N) is 2. The van der Waals surface area contributed by atoms with Gasteiger partial charge in [-0.2, -0.15) is 0 Å². The Kier molecular flexibility index (Phi) is 4.96. The second-order valence-corrected chi connectivity index (χ2v) is 5.80. The van der Waals surface area contributed by atoms with Crippen molar-refractivity contribution >= 4 is 5.69 Å². The number of nitrogens with one attached hydrogen (secondary N) is 1. The topological polar surface area (TPSA) is 55.7 Å². The van der Waals surface area contributed by atoms with Crippen molar-refractivity contribution < 1.29 is 14.6 Å². The minimum Gasteiger partial charge on any atom is -0.389 e. The van der Waals surface area contributed by atoms with Gasteiger partial charge in [0.25, 0.3) is 0 Å². The molecule has 0 radical (unpaired) electrons. The lowest BCUT2D eigenvalue weighted by Gasteiger charge is -2.22. The number of halogens is 1. The molecule has 5 heteroatoms. The van der Waals surface area contributed by atoms with Crippen molar-refractivity contribution in [2.24, 2.45) is 5.92 Å². The van der Waals surface area contributed by atoms with Crippen LogP contribution in [0.25, 0.3) is 0 Å². The van der Waals surface area contributed by atoms with E-state index in [1.807, 2.05) is 11.0 Å². The number of hydrogen-bond acceptors (Lipinski definition) is 4. The molecule has 2 atom stereocenters. The fourth-order valence-electron chi connectivity index (χ4n) is 2.47. The summed E-state index contributed by atoms with van der Waals surface area (Å²) in [4.78, 5) is 1.84. The fourth-order valence-corrected chi connectivity index (χ4v) is 2.47. The van der Waals surface area contributed by atoms with Crippen LogP contribution in [0.4, 0.5) is 10.1 Å². The lowest BCUT2D eigenvalue weighted by atomic mass is 10.1. The first-order chi connectivity index (χ1) is 9.49. The quantitative estimate of drug-likeness (QED) is 0.757. The molecule has 0 aliphatic carbocycles. The summed E-state index contributed by atoms with van der Waals surface area (Å²) < 4.78 is 14.0. The van der Waals surface area contributed by atoms with Gasteiger partial charge in [-0.3, -0.25) is 0 Å². The van der Waals surface area contributed by atoms with Gasteiger partial charge in [0.1, 0.15) is 5.82 Å². The monoisotopic (exact) mass is 282 g/mol. The molecule has 0 aromatic heterocycles. The van der Waals surface area contributed by atoms with Crippen LogP contribution in [-0.2, 0) is 6.54 Å². The molecule has 0 saturated carbocycles. The third-order valence-electron chi connectivity index (χ3n) is 3.55. The number of hydrogen-bond donors (Lipinski definition) is 3. The van der Waals surface area contributed by atoms with Gasteiger partial charge in [-0.1, -0.05) is 19.9 Å². The number of benzene rings is 1. The van der Waals surface area contributed by atoms with Gasteiger partial charge in [0, 0.05) is 30.9 Å². The van der Waals surface area contributed by atoms with Gasteiger partial charge in [-0.25, -0.2) is 4.39 Å². The van der Waals surface area contributed by atoms with Crippen molar-refractivity contribution in [3.05, 3.63) is 29.6 Å². The zero-order valence-electron chi connectivity index (χ0n) is 12.0. The van der Waals surface area contributed by atoms with Gasteiger partial charge < -0.3 is 20.4 Å². The number of nitrogens with zero attached hydrogens (tertiary/aromatic N) is 1. The summed E-state index contributed by atoms with van der Waals surface area (Å²) in [6, 6.07) is 4.94. The molecule has 2 unspecified atom stereocenters. The summed E-state index contributed by atoms with van der Waals surface area (Å²) in [5, 5.41) is 22.5. The third-order valence-corrected chi connectivity index (χ3v) is 3.55. The molecule has 112 valence electrons. The molecule has 1 fully saturated rings. The molecule has 4 nitrogen and oxygen atoms in total. The van der Waals surface area contributed by atoms with Crippen LogP contribution < -0.4 is 10.2 Å². The summed E-state index contributed by atoms with van der Waals surface area (Å²) in [5.41, 5.74) is 1.34. The molecule has 1 saturated heterocycles. The van der Waals surface area contributed by atoms with E-state index in [1.54, 1.807) is 6.07 Å². The molecule has 0 amide bonds. The highest BCUT2D eigenvalue weighted by Crippen LogP contribution is 2.27. The minimum atomic E-state index is -0.769. The second-order valence-electron chi connectivity index (χ2n) is 5.80. The van der Waals surface area contributed by atoms with Crippen molar-refractivity contribution in [2.75, 3.05) is 24.5 Å². The van der Waals surface area contributed by atoms with Crippen molar-refractivity contribution in [1.29, 1.82) is 0 Å². The van der Waals surface area contributed by atoms with Gasteiger partial charge in [-0.05, 0) is 24.6 Å². The van der Waals surface area contributed by atoms with E-state index in [0.717, 1.165) is 12.2 Å². The third kappa shape index (κ3) is 3.48. The highest BCUT2D eigenvalue weighted by atomic mass is 19.1. The molecule has 2 rings (SSSR count). The maximum atomic E-state index is 14.0. The zero-order chi connectivity index (χ0) is 14.7. The average Bonchev–Trinajstić information content (AvgIpc) is 2.71. The highest BCUT2D eigenvalue weighted by Gasteiger charge is 2.31. The Labute approximate surface area is 119 Å². The van der Waals surface area contributed by atoms with E-state index in [1.165, 1.54) is 6.07 Å². The Bertz CT molecular complexity index is 443. The Balaban J connectivity index is 2.14. The van der Waals surface area contributed by atoms with Gasteiger partial charge in [0.2, 0.25) is 0 Å². The number of aliphatic hydroxyl groups is 2. The predicted octanol–water partition coefficient (Wildman–Crippen LogP) is 1.11. The summed E-state index contributed by atoms with van der Waals surface area (Å²) in [5.74, 6) is 0.246. The van der Waals surface area contributed by atoms with Gasteiger partial charge in [0.05, 0.1) is 12.2 Å². The highest BCUT2D eigenvalue weighted by molar-refractivity contribution is 5.55. The molecule has 1 heterocycles. The van der Waals surface area contributed by atoms with Gasteiger partial charge in [-0.15, -0.1) is 0 Å². The number of rotatable bonds is 5. The molecule has 0 spiro atoms. The molecule has 1 aromatic carbocycles. The average molecular weight is 282 g/mol. The van der Waals surface area contributed by atoms with E-state index in [0.29, 0.717) is 31.1 Å². The fraction of sp³-hybridized carbons (Fsp3) is 0.600. The standard InChI is InChI=1S/C15H23FN2O2/c1-10(2)6-17-7-11-12(16)4-3-5-13(11)18-8-14(19)15(20)9-18/h3-5,10,14-15,17,19-20H,6-9H2,1-2H3. The van der Waals surface area contributed by atoms with Crippen molar-refractivity contribution in [2.45, 2.75) is 32.6 Å². The molecule has 0 bridgehead atoms. The Morgan fingerprint density at radius 2 is 1.95 bits per heavy atom. The van der Waals surface area contributed by atoms with E-state index in [-0.39, 0.29) is 5.82 Å². The molecule has 1 aromatic rings. The normalized spacial score (nSPS) is 22.8. The van der Waals surface area contributed by atoms with Crippen LogP contribution in [0.1, 0.15) is 19.4 Å². The van der Waals surface area contributed by atoms with Crippen molar-refractivity contribution in [3.8, 4) is 0 Å². The first kappa shape index (κ1) is 15.2. The second kappa shape index (κ2) is 6.52. The van der Waals surface area contributed by atoms with Crippen LogP contribution in [0, 0.1) is 11.7 Å². The summed E-state index contributed by atoms with van der Waals surface area (Å²) in [6.45, 7) is 6.14. The summed E-state index contributed by atoms with van der Waals surface area (Å²) in [6.07, 6.45) is -1.54. The van der Waals surface area contributed by atoms with E-state index >= 15 is 0 Å². The largest absolute Gasteiger partial charge is 0.389 e. The molecule has 1 aliphatic heterocycles. The van der Waals surface area contributed by atoms with Crippen LogP contribution in [-0.4, -0.2) is 42.1 Å². The summed E-state index contributed by atoms with van der Waals surface area (Å²) >= 11 is 0. The molecule has 20 heavy (non-hydrogen) atoms. The van der Waals surface area contributed by atoms with E-state index < -0.39 is 12.2 Å².